The standard InChI is InChI=1S/C23H26ClN3O/c1-15-7-6-10-20(16(15)2)25-22(28)14-27-21-12-11-18(24)13-19(21)23(26-27)17-8-4-3-5-9-17/h3-5,8-9,11-13,15-16,20H,6-7,10,14H2,1-2H3,(H,25,28)/t15-,16+,20-/m1/s1. The number of rotatable bonds is 4. The van der Waals surface area contributed by atoms with Crippen molar-refractivity contribution < 1.29 is 4.79 Å². The van der Waals surface area contributed by atoms with Gasteiger partial charge in [0.15, 0.2) is 0 Å². The SMILES string of the molecule is C[C@H]1[C@H](C)CCC[C@H]1NC(=O)Cn1nc(-c2ccccc2)c2cc(Cl)ccc21. The van der Waals surface area contributed by atoms with E-state index < -0.39 is 0 Å². The van der Waals surface area contributed by atoms with Crippen LogP contribution in [-0.4, -0.2) is 21.7 Å². The fraction of sp³-hybridized carbons (Fsp3) is 0.391. The van der Waals surface area contributed by atoms with Gasteiger partial charge in [0.2, 0.25) is 5.91 Å². The number of benzene rings is 2. The minimum atomic E-state index is 0.0184. The van der Waals surface area contributed by atoms with Crippen molar-refractivity contribution in [2.24, 2.45) is 11.8 Å². The van der Waals surface area contributed by atoms with E-state index in [0.717, 1.165) is 28.6 Å². The maximum absolute atomic E-state index is 12.8. The summed E-state index contributed by atoms with van der Waals surface area (Å²) in [6, 6.07) is 16.0. The monoisotopic (exact) mass is 395 g/mol. The summed E-state index contributed by atoms with van der Waals surface area (Å²) in [6.07, 6.45) is 3.48. The second-order valence-corrected chi connectivity index (χ2v) is 8.41. The Morgan fingerprint density at radius 1 is 1.18 bits per heavy atom. The molecule has 0 saturated heterocycles. The molecule has 1 aromatic heterocycles. The van der Waals surface area contributed by atoms with E-state index in [1.165, 1.54) is 12.8 Å². The highest BCUT2D eigenvalue weighted by Crippen LogP contribution is 2.31. The average Bonchev–Trinajstić information content (AvgIpc) is 3.03. The van der Waals surface area contributed by atoms with Crippen LogP contribution in [0.1, 0.15) is 33.1 Å². The summed E-state index contributed by atoms with van der Waals surface area (Å²) in [5, 5.41) is 9.64. The van der Waals surface area contributed by atoms with Crippen LogP contribution in [0.4, 0.5) is 0 Å². The molecule has 28 heavy (non-hydrogen) atoms. The first-order valence-corrected chi connectivity index (χ1v) is 10.4. The minimum Gasteiger partial charge on any atom is -0.351 e. The topological polar surface area (TPSA) is 46.9 Å². The lowest BCUT2D eigenvalue weighted by Gasteiger charge is -2.34. The quantitative estimate of drug-likeness (QED) is 0.651. The summed E-state index contributed by atoms with van der Waals surface area (Å²) in [5.74, 6) is 1.17. The van der Waals surface area contributed by atoms with Crippen LogP contribution in [-0.2, 0) is 11.3 Å². The van der Waals surface area contributed by atoms with Gasteiger partial charge in [-0.15, -0.1) is 0 Å². The highest BCUT2D eigenvalue weighted by Gasteiger charge is 2.28. The third kappa shape index (κ3) is 3.79. The third-order valence-electron chi connectivity index (χ3n) is 6.11. The Balaban J connectivity index is 1.61. The minimum absolute atomic E-state index is 0.0184. The summed E-state index contributed by atoms with van der Waals surface area (Å²) in [7, 11) is 0. The van der Waals surface area contributed by atoms with E-state index in [2.05, 4.69) is 19.2 Å². The molecule has 1 aliphatic carbocycles. The molecule has 146 valence electrons. The van der Waals surface area contributed by atoms with Crippen molar-refractivity contribution in [2.75, 3.05) is 0 Å². The molecule has 0 unspecified atom stereocenters. The molecule has 1 fully saturated rings. The molecule has 4 nitrogen and oxygen atoms in total. The van der Waals surface area contributed by atoms with Crippen molar-refractivity contribution in [3.05, 3.63) is 53.6 Å². The largest absolute Gasteiger partial charge is 0.351 e. The molecule has 1 N–H and O–H groups in total. The van der Waals surface area contributed by atoms with Crippen LogP contribution in [0.15, 0.2) is 48.5 Å². The summed E-state index contributed by atoms with van der Waals surface area (Å²) in [5.41, 5.74) is 2.79. The molecule has 0 spiro atoms. The summed E-state index contributed by atoms with van der Waals surface area (Å²) in [4.78, 5) is 12.8. The van der Waals surface area contributed by atoms with Crippen LogP contribution in [0, 0.1) is 11.8 Å². The Morgan fingerprint density at radius 2 is 1.96 bits per heavy atom. The number of halogens is 1. The molecular weight excluding hydrogens is 370 g/mol. The number of fused-ring (bicyclic) bond motifs is 1. The first kappa shape index (κ1) is 19.0. The van der Waals surface area contributed by atoms with Crippen molar-refractivity contribution >= 4 is 28.4 Å². The molecular formula is C23H26ClN3O. The van der Waals surface area contributed by atoms with Crippen molar-refractivity contribution in [3.8, 4) is 11.3 Å². The molecule has 3 aromatic rings. The maximum atomic E-state index is 12.8. The molecule has 0 radical (unpaired) electrons. The number of carbonyl (C=O) groups is 1. The average molecular weight is 396 g/mol. The van der Waals surface area contributed by atoms with E-state index in [-0.39, 0.29) is 18.5 Å². The molecule has 3 atom stereocenters. The normalized spacial score (nSPS) is 22.3. The van der Waals surface area contributed by atoms with Crippen LogP contribution in [0.25, 0.3) is 22.2 Å². The second kappa shape index (κ2) is 7.96. The van der Waals surface area contributed by atoms with Gasteiger partial charge in [-0.05, 0) is 36.5 Å². The van der Waals surface area contributed by atoms with Crippen LogP contribution in [0.2, 0.25) is 5.02 Å². The predicted molar refractivity (Wildman–Crippen MR) is 114 cm³/mol. The van der Waals surface area contributed by atoms with Crippen LogP contribution in [0.5, 0.6) is 0 Å². The summed E-state index contributed by atoms with van der Waals surface area (Å²) < 4.78 is 1.79. The molecule has 5 heteroatoms. The van der Waals surface area contributed by atoms with Crippen molar-refractivity contribution in [1.29, 1.82) is 0 Å². The van der Waals surface area contributed by atoms with Gasteiger partial charge in [0.1, 0.15) is 12.2 Å². The molecule has 1 saturated carbocycles. The Morgan fingerprint density at radius 3 is 2.75 bits per heavy atom. The fourth-order valence-corrected chi connectivity index (χ4v) is 4.43. The number of hydrogen-bond acceptors (Lipinski definition) is 2. The van der Waals surface area contributed by atoms with Gasteiger partial charge in [-0.2, -0.15) is 5.10 Å². The zero-order valence-corrected chi connectivity index (χ0v) is 17.1. The van der Waals surface area contributed by atoms with E-state index in [4.69, 9.17) is 16.7 Å². The van der Waals surface area contributed by atoms with Gasteiger partial charge >= 0.3 is 0 Å². The molecule has 0 aliphatic heterocycles. The van der Waals surface area contributed by atoms with Gasteiger partial charge in [0.05, 0.1) is 5.52 Å². The number of amides is 1. The Labute approximate surface area is 170 Å². The maximum Gasteiger partial charge on any atom is 0.241 e. The zero-order chi connectivity index (χ0) is 19.7. The van der Waals surface area contributed by atoms with Crippen molar-refractivity contribution in [2.45, 2.75) is 45.7 Å². The smallest absolute Gasteiger partial charge is 0.241 e. The van der Waals surface area contributed by atoms with Gasteiger partial charge in [0, 0.05) is 22.0 Å². The Kier molecular flexibility index (Phi) is 5.40. The van der Waals surface area contributed by atoms with E-state index in [1.807, 2.05) is 48.5 Å². The van der Waals surface area contributed by atoms with Gasteiger partial charge < -0.3 is 5.32 Å². The molecule has 4 rings (SSSR count). The number of nitrogens with one attached hydrogen (secondary N) is 1. The second-order valence-electron chi connectivity index (χ2n) is 7.98. The molecule has 0 bridgehead atoms. The predicted octanol–water partition coefficient (Wildman–Crippen LogP) is 5.30. The zero-order valence-electron chi connectivity index (χ0n) is 16.4. The van der Waals surface area contributed by atoms with Crippen molar-refractivity contribution in [1.82, 2.24) is 15.1 Å². The molecule has 1 heterocycles. The summed E-state index contributed by atoms with van der Waals surface area (Å²) >= 11 is 6.24. The van der Waals surface area contributed by atoms with Gasteiger partial charge in [-0.1, -0.05) is 68.6 Å². The number of aromatic nitrogens is 2. The van der Waals surface area contributed by atoms with Gasteiger partial charge in [-0.25, -0.2) is 0 Å². The van der Waals surface area contributed by atoms with Gasteiger partial charge in [-0.3, -0.25) is 9.48 Å². The highest BCUT2D eigenvalue weighted by atomic mass is 35.5. The molecule has 1 amide bonds. The lowest BCUT2D eigenvalue weighted by Crippen LogP contribution is -2.44. The number of hydrogen-bond donors (Lipinski definition) is 1. The van der Waals surface area contributed by atoms with Crippen molar-refractivity contribution in [3.63, 3.8) is 0 Å². The van der Waals surface area contributed by atoms with E-state index in [0.29, 0.717) is 16.9 Å². The first-order valence-electron chi connectivity index (χ1n) is 10.0. The molecule has 2 aromatic carbocycles. The Hall–Kier alpha value is -2.33. The fourth-order valence-electron chi connectivity index (χ4n) is 4.26. The lowest BCUT2D eigenvalue weighted by atomic mass is 9.78. The first-order chi connectivity index (χ1) is 13.5. The van der Waals surface area contributed by atoms with Crippen LogP contribution < -0.4 is 5.32 Å². The van der Waals surface area contributed by atoms with Gasteiger partial charge in [0.25, 0.3) is 0 Å². The summed E-state index contributed by atoms with van der Waals surface area (Å²) in [6.45, 7) is 4.73. The molecule has 1 aliphatic rings. The van der Waals surface area contributed by atoms with E-state index >= 15 is 0 Å². The lowest BCUT2D eigenvalue weighted by molar-refractivity contribution is -0.123. The van der Waals surface area contributed by atoms with E-state index in [9.17, 15) is 4.79 Å². The van der Waals surface area contributed by atoms with Crippen LogP contribution >= 0.6 is 11.6 Å². The Bertz CT molecular complexity index is 982. The third-order valence-corrected chi connectivity index (χ3v) is 6.34. The van der Waals surface area contributed by atoms with Crippen LogP contribution in [0.3, 0.4) is 0 Å². The number of nitrogens with zero attached hydrogens (tertiary/aromatic N) is 2. The highest BCUT2D eigenvalue weighted by molar-refractivity contribution is 6.31. The number of carbonyl (C=O) groups excluding carboxylic acids is 1. The van der Waals surface area contributed by atoms with E-state index in [1.54, 1.807) is 4.68 Å².